The lowest BCUT2D eigenvalue weighted by Gasteiger charge is -2.38. The van der Waals surface area contributed by atoms with Crippen molar-refractivity contribution in [3.8, 4) is 0 Å². The van der Waals surface area contributed by atoms with Gasteiger partial charge < -0.3 is 15.3 Å². The molecule has 21 heavy (non-hydrogen) atoms. The first-order valence-corrected chi connectivity index (χ1v) is 7.63. The van der Waals surface area contributed by atoms with Crippen molar-refractivity contribution in [2.75, 3.05) is 39.3 Å². The number of piperazine rings is 1. The van der Waals surface area contributed by atoms with Crippen molar-refractivity contribution in [3.63, 3.8) is 0 Å². The molecule has 122 valence electrons. The Morgan fingerprint density at radius 1 is 1.19 bits per heavy atom. The van der Waals surface area contributed by atoms with Crippen molar-refractivity contribution in [3.05, 3.63) is 0 Å². The van der Waals surface area contributed by atoms with Gasteiger partial charge in [-0.1, -0.05) is 20.8 Å². The minimum atomic E-state index is -0.362. The second-order valence-corrected chi connectivity index (χ2v) is 6.80. The minimum absolute atomic E-state index is 0.0831. The van der Waals surface area contributed by atoms with Crippen molar-refractivity contribution >= 4 is 11.8 Å². The van der Waals surface area contributed by atoms with Crippen LogP contribution in [0.3, 0.4) is 0 Å². The van der Waals surface area contributed by atoms with Gasteiger partial charge >= 0.3 is 0 Å². The Labute approximate surface area is 127 Å². The molecule has 1 aliphatic heterocycles. The summed E-state index contributed by atoms with van der Waals surface area (Å²) in [4.78, 5) is 26.8. The van der Waals surface area contributed by atoms with Crippen LogP contribution >= 0.6 is 0 Å². The number of carbonyl (C=O) groups excluding carboxylic acids is 2. The number of aliphatic hydroxyl groups excluding tert-OH is 1. The van der Waals surface area contributed by atoms with Gasteiger partial charge in [0.2, 0.25) is 11.8 Å². The van der Waals surface area contributed by atoms with E-state index >= 15 is 0 Å². The first kappa shape index (κ1) is 17.9. The Morgan fingerprint density at radius 3 is 2.24 bits per heavy atom. The van der Waals surface area contributed by atoms with E-state index in [2.05, 4.69) is 10.2 Å². The highest BCUT2D eigenvalue weighted by Gasteiger charge is 2.27. The summed E-state index contributed by atoms with van der Waals surface area (Å²) in [7, 11) is 0. The van der Waals surface area contributed by atoms with Gasteiger partial charge in [-0.3, -0.25) is 14.5 Å². The van der Waals surface area contributed by atoms with E-state index in [1.807, 2.05) is 25.7 Å². The fourth-order valence-electron chi connectivity index (χ4n) is 2.20. The average Bonchev–Trinajstić information content (AvgIpc) is 2.37. The molecule has 0 spiro atoms. The molecule has 0 unspecified atom stereocenters. The first-order valence-electron chi connectivity index (χ1n) is 7.63. The Balaban J connectivity index is 2.28. The molecule has 0 aromatic carbocycles. The number of rotatable bonds is 5. The zero-order valence-electron chi connectivity index (χ0n) is 13.7. The standard InChI is InChI=1S/C15H29N3O3/c1-12(19)16-6-5-14(21)18-9-7-17(8-10-18)11-13(20)15(2,3)4/h13,20H,5-11H2,1-4H3,(H,16,19)/t13-/m1/s1. The maximum atomic E-state index is 12.0. The first-order chi connectivity index (χ1) is 9.70. The normalized spacial score (nSPS) is 18.4. The quantitative estimate of drug-likeness (QED) is 0.753. The van der Waals surface area contributed by atoms with E-state index in [-0.39, 0.29) is 23.3 Å². The smallest absolute Gasteiger partial charge is 0.224 e. The van der Waals surface area contributed by atoms with Crippen LogP contribution in [0.25, 0.3) is 0 Å². The minimum Gasteiger partial charge on any atom is -0.391 e. The predicted molar refractivity (Wildman–Crippen MR) is 81.8 cm³/mol. The number of nitrogens with one attached hydrogen (secondary N) is 1. The van der Waals surface area contributed by atoms with Crippen molar-refractivity contribution in [2.24, 2.45) is 5.41 Å². The molecule has 6 heteroatoms. The summed E-state index contributed by atoms with van der Waals surface area (Å²) >= 11 is 0. The van der Waals surface area contributed by atoms with E-state index in [4.69, 9.17) is 0 Å². The van der Waals surface area contributed by atoms with Gasteiger partial charge in [-0.15, -0.1) is 0 Å². The van der Waals surface area contributed by atoms with E-state index in [0.29, 0.717) is 32.6 Å². The van der Waals surface area contributed by atoms with E-state index < -0.39 is 0 Å². The number of hydrogen-bond donors (Lipinski definition) is 2. The maximum Gasteiger partial charge on any atom is 0.224 e. The molecule has 1 rings (SSSR count). The highest BCUT2D eigenvalue weighted by atomic mass is 16.3. The van der Waals surface area contributed by atoms with Gasteiger partial charge in [0.25, 0.3) is 0 Å². The zero-order chi connectivity index (χ0) is 16.0. The summed E-state index contributed by atoms with van der Waals surface area (Å²) in [5.41, 5.74) is -0.120. The third kappa shape index (κ3) is 6.44. The van der Waals surface area contributed by atoms with Crippen LogP contribution in [0.4, 0.5) is 0 Å². The van der Waals surface area contributed by atoms with Gasteiger partial charge in [-0.05, 0) is 5.41 Å². The average molecular weight is 299 g/mol. The number of hydrogen-bond acceptors (Lipinski definition) is 4. The van der Waals surface area contributed by atoms with Crippen LogP contribution in [0.5, 0.6) is 0 Å². The topological polar surface area (TPSA) is 72.9 Å². The van der Waals surface area contributed by atoms with E-state index in [1.165, 1.54) is 6.92 Å². The number of β-amino-alcohol motifs (C(OH)–C–C–N with tert-alkyl or cyclic N) is 1. The van der Waals surface area contributed by atoms with E-state index in [0.717, 1.165) is 13.1 Å². The number of nitrogens with zero attached hydrogens (tertiary/aromatic N) is 2. The largest absolute Gasteiger partial charge is 0.391 e. The molecular weight excluding hydrogens is 270 g/mol. The Bertz CT molecular complexity index is 358. The van der Waals surface area contributed by atoms with Crippen LogP contribution in [0.2, 0.25) is 0 Å². The molecular formula is C15H29N3O3. The number of aliphatic hydroxyl groups is 1. The summed E-state index contributed by atoms with van der Waals surface area (Å²) in [6.45, 7) is 11.5. The Hall–Kier alpha value is -1.14. The van der Waals surface area contributed by atoms with Crippen LogP contribution in [0.15, 0.2) is 0 Å². The number of amides is 2. The van der Waals surface area contributed by atoms with Crippen LogP contribution in [0, 0.1) is 5.41 Å². The van der Waals surface area contributed by atoms with Crippen LogP contribution in [-0.2, 0) is 9.59 Å². The van der Waals surface area contributed by atoms with E-state index in [1.54, 1.807) is 0 Å². The highest BCUT2D eigenvalue weighted by Crippen LogP contribution is 2.20. The van der Waals surface area contributed by atoms with Gasteiger partial charge in [0.1, 0.15) is 0 Å². The fourth-order valence-corrected chi connectivity index (χ4v) is 2.20. The number of carbonyl (C=O) groups is 2. The van der Waals surface area contributed by atoms with Crippen LogP contribution in [0.1, 0.15) is 34.1 Å². The Morgan fingerprint density at radius 2 is 1.76 bits per heavy atom. The molecule has 0 radical (unpaired) electrons. The summed E-state index contributed by atoms with van der Waals surface area (Å²) in [6, 6.07) is 0. The summed E-state index contributed by atoms with van der Waals surface area (Å²) in [5.74, 6) is -0.0245. The van der Waals surface area contributed by atoms with Crippen LogP contribution in [-0.4, -0.2) is 72.1 Å². The monoisotopic (exact) mass is 299 g/mol. The molecule has 1 fully saturated rings. The molecule has 0 aliphatic carbocycles. The lowest BCUT2D eigenvalue weighted by molar-refractivity contribution is -0.133. The molecule has 6 nitrogen and oxygen atoms in total. The SMILES string of the molecule is CC(=O)NCCC(=O)N1CCN(C[C@@H](O)C(C)(C)C)CC1. The lowest BCUT2D eigenvalue weighted by Crippen LogP contribution is -2.52. The molecule has 1 heterocycles. The summed E-state index contributed by atoms with van der Waals surface area (Å²) < 4.78 is 0. The van der Waals surface area contributed by atoms with Crippen LogP contribution < -0.4 is 5.32 Å². The molecule has 0 aromatic heterocycles. The van der Waals surface area contributed by atoms with Gasteiger partial charge in [-0.2, -0.15) is 0 Å². The van der Waals surface area contributed by atoms with Gasteiger partial charge in [-0.25, -0.2) is 0 Å². The van der Waals surface area contributed by atoms with Crippen molar-refractivity contribution in [1.29, 1.82) is 0 Å². The fraction of sp³-hybridized carbons (Fsp3) is 0.867. The molecule has 2 N–H and O–H groups in total. The predicted octanol–water partition coefficient (Wildman–Crippen LogP) is 0.0638. The third-order valence-corrected chi connectivity index (χ3v) is 3.87. The van der Waals surface area contributed by atoms with Crippen molar-refractivity contribution < 1.29 is 14.7 Å². The van der Waals surface area contributed by atoms with Gasteiger partial charge in [0.15, 0.2) is 0 Å². The van der Waals surface area contributed by atoms with E-state index in [9.17, 15) is 14.7 Å². The molecule has 2 amide bonds. The molecule has 0 bridgehead atoms. The highest BCUT2D eigenvalue weighted by molar-refractivity contribution is 5.78. The molecule has 0 aromatic rings. The second kappa shape index (κ2) is 7.75. The summed E-state index contributed by atoms with van der Waals surface area (Å²) in [6.07, 6.45) is -0.0102. The third-order valence-electron chi connectivity index (χ3n) is 3.87. The van der Waals surface area contributed by atoms with Crippen molar-refractivity contribution in [2.45, 2.75) is 40.2 Å². The lowest BCUT2D eigenvalue weighted by atomic mass is 9.89. The van der Waals surface area contributed by atoms with Crippen molar-refractivity contribution in [1.82, 2.24) is 15.1 Å². The zero-order valence-corrected chi connectivity index (χ0v) is 13.7. The maximum absolute atomic E-state index is 12.0. The van der Waals surface area contributed by atoms with Gasteiger partial charge in [0.05, 0.1) is 6.10 Å². The molecule has 0 saturated carbocycles. The molecule has 1 aliphatic rings. The Kier molecular flexibility index (Phi) is 6.61. The molecule has 1 atom stereocenters. The summed E-state index contributed by atoms with van der Waals surface area (Å²) in [5, 5.41) is 12.8. The second-order valence-electron chi connectivity index (χ2n) is 6.80. The van der Waals surface area contributed by atoms with Gasteiger partial charge in [0, 0.05) is 52.6 Å². The molecule has 1 saturated heterocycles.